The zero-order valence-electron chi connectivity index (χ0n) is 18.4. The monoisotopic (exact) mass is 487 g/mol. The first-order valence-corrected chi connectivity index (χ1v) is 12.4. The van der Waals surface area contributed by atoms with Crippen molar-refractivity contribution in [1.82, 2.24) is 4.72 Å². The highest BCUT2D eigenvalue weighted by molar-refractivity contribution is 7.90. The number of esters is 1. The molecule has 1 atom stereocenters. The van der Waals surface area contributed by atoms with E-state index in [2.05, 4.69) is 15.0 Å². The number of fused-ring (bicyclic) bond motifs is 1. The molecule has 34 heavy (non-hydrogen) atoms. The number of benzene rings is 2. The number of aliphatic imine (C=N–C) groups is 1. The highest BCUT2D eigenvalue weighted by atomic mass is 32.2. The Morgan fingerprint density at radius 3 is 2.74 bits per heavy atom. The maximum atomic E-state index is 12.7. The van der Waals surface area contributed by atoms with Gasteiger partial charge in [-0.05, 0) is 43.2 Å². The summed E-state index contributed by atoms with van der Waals surface area (Å²) in [5.41, 5.74) is 0.248. The van der Waals surface area contributed by atoms with Crippen molar-refractivity contribution in [3.63, 3.8) is 0 Å². The fraction of sp³-hybridized carbons (Fsp3) is 0.348. The number of rotatable bonds is 6. The predicted molar refractivity (Wildman–Crippen MR) is 123 cm³/mol. The lowest BCUT2D eigenvalue weighted by Crippen LogP contribution is -2.39. The fourth-order valence-corrected chi connectivity index (χ4v) is 4.61. The molecule has 2 N–H and O–H groups in total. The summed E-state index contributed by atoms with van der Waals surface area (Å²) in [6.45, 7) is -0.000754. The zero-order valence-corrected chi connectivity index (χ0v) is 19.2. The molecule has 0 saturated heterocycles. The Balaban J connectivity index is 1.31. The van der Waals surface area contributed by atoms with Crippen LogP contribution in [-0.2, 0) is 24.3 Å². The summed E-state index contributed by atoms with van der Waals surface area (Å²) in [5.74, 6) is 0.0206. The Hall–Kier alpha value is -3.60. The molecule has 11 heteroatoms. The Kier molecular flexibility index (Phi) is 7.31. The summed E-state index contributed by atoms with van der Waals surface area (Å²) < 4.78 is 44.0. The first kappa shape index (κ1) is 23.6. The minimum atomic E-state index is -3.85. The van der Waals surface area contributed by atoms with Crippen molar-refractivity contribution in [2.75, 3.05) is 25.1 Å². The summed E-state index contributed by atoms with van der Waals surface area (Å²) in [6, 6.07) is 12.7. The van der Waals surface area contributed by atoms with Gasteiger partial charge in [-0.1, -0.05) is 24.6 Å². The van der Waals surface area contributed by atoms with Gasteiger partial charge >= 0.3 is 5.97 Å². The quantitative estimate of drug-likeness (QED) is 0.597. The van der Waals surface area contributed by atoms with E-state index in [-0.39, 0.29) is 17.2 Å². The maximum Gasteiger partial charge on any atom is 0.351 e. The normalized spacial score (nSPS) is 17.6. The third kappa shape index (κ3) is 6.04. The minimum Gasteiger partial charge on any atom is -0.485 e. The fourth-order valence-electron chi connectivity index (χ4n) is 3.47. The van der Waals surface area contributed by atoms with Crippen LogP contribution in [-0.4, -0.2) is 52.0 Å². The van der Waals surface area contributed by atoms with Gasteiger partial charge in [0.05, 0.1) is 4.90 Å². The van der Waals surface area contributed by atoms with E-state index in [0.717, 1.165) is 19.3 Å². The number of amidine groups is 1. The van der Waals surface area contributed by atoms with Crippen molar-refractivity contribution < 1.29 is 32.2 Å². The molecule has 0 radical (unpaired) electrons. The number of para-hydroxylation sites is 2. The molecular formula is C23H25N3O7S. The first-order valence-electron chi connectivity index (χ1n) is 10.9. The van der Waals surface area contributed by atoms with Crippen LogP contribution in [0.1, 0.15) is 25.7 Å². The van der Waals surface area contributed by atoms with Crippen LogP contribution in [0.15, 0.2) is 58.4 Å². The largest absolute Gasteiger partial charge is 0.485 e. The number of nitrogens with zero attached hydrogens (tertiary/aromatic N) is 1. The molecular weight excluding hydrogens is 462 g/mol. The van der Waals surface area contributed by atoms with E-state index < -0.39 is 34.6 Å². The topological polar surface area (TPSA) is 132 Å². The molecule has 0 aliphatic carbocycles. The van der Waals surface area contributed by atoms with Gasteiger partial charge in [-0.15, -0.1) is 0 Å². The minimum absolute atomic E-state index is 0.0133. The summed E-state index contributed by atoms with van der Waals surface area (Å²) in [6.07, 6.45) is 2.40. The van der Waals surface area contributed by atoms with E-state index in [1.165, 1.54) is 24.3 Å². The summed E-state index contributed by atoms with van der Waals surface area (Å²) >= 11 is 0. The van der Waals surface area contributed by atoms with Gasteiger partial charge in [-0.3, -0.25) is 14.5 Å². The summed E-state index contributed by atoms with van der Waals surface area (Å²) in [4.78, 5) is 28.8. The second-order valence-corrected chi connectivity index (χ2v) is 9.47. The van der Waals surface area contributed by atoms with E-state index in [1.807, 2.05) is 0 Å². The standard InChI is InChI=1S/C23H25N3O7S/c27-22(15-32-23(28)20-14-31-18-9-3-4-10-19(18)33-20)25-16-7-6-8-17(13-16)34(29,30)26-21-11-2-1-5-12-24-21/h3-4,6-10,13,20H,1-2,5,11-12,14-15H2,(H,24,26)(H,25,27). The molecule has 1 amide bonds. The third-order valence-electron chi connectivity index (χ3n) is 5.17. The van der Waals surface area contributed by atoms with Crippen LogP contribution in [0.4, 0.5) is 5.69 Å². The molecule has 2 aliphatic rings. The second-order valence-electron chi connectivity index (χ2n) is 7.79. The number of anilines is 1. The van der Waals surface area contributed by atoms with Crippen molar-refractivity contribution in [1.29, 1.82) is 0 Å². The van der Waals surface area contributed by atoms with E-state index in [1.54, 1.807) is 24.3 Å². The van der Waals surface area contributed by atoms with Gasteiger partial charge < -0.3 is 19.5 Å². The average molecular weight is 488 g/mol. The van der Waals surface area contributed by atoms with Crippen molar-refractivity contribution in [3.8, 4) is 11.5 Å². The van der Waals surface area contributed by atoms with Crippen LogP contribution in [0.5, 0.6) is 11.5 Å². The van der Waals surface area contributed by atoms with Crippen LogP contribution >= 0.6 is 0 Å². The number of nitrogens with one attached hydrogen (secondary N) is 2. The molecule has 2 aromatic carbocycles. The van der Waals surface area contributed by atoms with Gasteiger partial charge in [-0.25, -0.2) is 13.2 Å². The van der Waals surface area contributed by atoms with Crippen LogP contribution in [0.2, 0.25) is 0 Å². The smallest absolute Gasteiger partial charge is 0.351 e. The molecule has 4 rings (SSSR count). The SMILES string of the molecule is O=C(COC(=O)C1COc2ccccc2O1)Nc1cccc(S(=O)(=O)NC2=NCCCCC2)c1. The molecule has 0 aromatic heterocycles. The zero-order chi connectivity index (χ0) is 24.0. The van der Waals surface area contributed by atoms with Crippen LogP contribution < -0.4 is 19.5 Å². The van der Waals surface area contributed by atoms with Gasteiger partial charge in [0.1, 0.15) is 12.4 Å². The van der Waals surface area contributed by atoms with Crippen LogP contribution in [0.3, 0.4) is 0 Å². The van der Waals surface area contributed by atoms with E-state index in [9.17, 15) is 18.0 Å². The number of hydrogen-bond acceptors (Lipinski definition) is 8. The molecule has 0 saturated carbocycles. The Bertz CT molecular complexity index is 1200. The van der Waals surface area contributed by atoms with Crippen LogP contribution in [0, 0.1) is 0 Å². The van der Waals surface area contributed by atoms with E-state index in [0.29, 0.717) is 30.3 Å². The second kappa shape index (κ2) is 10.6. The average Bonchev–Trinajstić information content (AvgIpc) is 3.10. The van der Waals surface area contributed by atoms with Crippen molar-refractivity contribution in [3.05, 3.63) is 48.5 Å². The molecule has 2 aliphatic heterocycles. The van der Waals surface area contributed by atoms with Crippen molar-refractivity contribution in [2.24, 2.45) is 4.99 Å². The lowest BCUT2D eigenvalue weighted by Gasteiger charge is -2.24. The highest BCUT2D eigenvalue weighted by Crippen LogP contribution is 2.31. The van der Waals surface area contributed by atoms with Gasteiger partial charge in [0.25, 0.3) is 15.9 Å². The number of carbonyl (C=O) groups is 2. The molecule has 2 heterocycles. The van der Waals surface area contributed by atoms with Crippen molar-refractivity contribution in [2.45, 2.75) is 36.7 Å². The molecule has 0 spiro atoms. The molecule has 2 aromatic rings. The Morgan fingerprint density at radius 1 is 1.06 bits per heavy atom. The Labute approximate surface area is 197 Å². The lowest BCUT2D eigenvalue weighted by molar-refractivity contribution is -0.156. The van der Waals surface area contributed by atoms with Gasteiger partial charge in [0.15, 0.2) is 18.1 Å². The van der Waals surface area contributed by atoms with Gasteiger partial charge in [0, 0.05) is 18.7 Å². The van der Waals surface area contributed by atoms with Crippen LogP contribution in [0.25, 0.3) is 0 Å². The number of sulfonamides is 1. The highest BCUT2D eigenvalue weighted by Gasteiger charge is 2.29. The summed E-state index contributed by atoms with van der Waals surface area (Å²) in [7, 11) is -3.85. The predicted octanol–water partition coefficient (Wildman–Crippen LogP) is 2.26. The number of amides is 1. The van der Waals surface area contributed by atoms with E-state index >= 15 is 0 Å². The van der Waals surface area contributed by atoms with E-state index in [4.69, 9.17) is 14.2 Å². The lowest BCUT2D eigenvalue weighted by atomic mass is 10.2. The number of hydrogen-bond donors (Lipinski definition) is 2. The molecule has 0 fully saturated rings. The van der Waals surface area contributed by atoms with Crippen molar-refractivity contribution >= 4 is 33.4 Å². The van der Waals surface area contributed by atoms with Gasteiger partial charge in [-0.2, -0.15) is 0 Å². The Morgan fingerprint density at radius 2 is 1.88 bits per heavy atom. The molecule has 0 bridgehead atoms. The first-order chi connectivity index (χ1) is 16.4. The molecule has 10 nitrogen and oxygen atoms in total. The third-order valence-corrected chi connectivity index (χ3v) is 6.55. The number of carbonyl (C=O) groups excluding carboxylic acids is 2. The molecule has 180 valence electrons. The number of ether oxygens (including phenoxy) is 3. The maximum absolute atomic E-state index is 12.7. The van der Waals surface area contributed by atoms with Gasteiger partial charge in [0.2, 0.25) is 6.10 Å². The summed E-state index contributed by atoms with van der Waals surface area (Å²) in [5, 5.41) is 2.53. The molecule has 1 unspecified atom stereocenters.